The molecule has 0 bridgehead atoms. The molecule has 134 valence electrons. The van der Waals surface area contributed by atoms with E-state index in [9.17, 15) is 14.7 Å². The third-order valence-corrected chi connectivity index (χ3v) is 5.06. The number of hydrogen-bond donors (Lipinski definition) is 1. The van der Waals surface area contributed by atoms with Crippen LogP contribution in [0.2, 0.25) is 0 Å². The summed E-state index contributed by atoms with van der Waals surface area (Å²) in [6.45, 7) is 3.35. The van der Waals surface area contributed by atoms with Crippen molar-refractivity contribution < 1.29 is 28.7 Å². The quantitative estimate of drug-likeness (QED) is 0.655. The van der Waals surface area contributed by atoms with Gasteiger partial charge in [-0.05, 0) is 12.5 Å². The molecule has 0 amide bonds. The van der Waals surface area contributed by atoms with E-state index in [1.807, 2.05) is 30.3 Å². The molecule has 0 aliphatic carbocycles. The summed E-state index contributed by atoms with van der Waals surface area (Å²) in [6.07, 6.45) is 1.84. The molecule has 25 heavy (non-hydrogen) atoms. The van der Waals surface area contributed by atoms with Gasteiger partial charge in [0.25, 0.3) is 5.70 Å². The van der Waals surface area contributed by atoms with Crippen molar-refractivity contribution in [2.45, 2.75) is 38.8 Å². The standard InChI is InChI=1S/C19H23NO5/c1-2-24-19(23)17-16(21)10-12-20(17)11-6-9-15(20)18(22)25-13-14-7-4-3-5-8-14/h3-5,7-8,15H,2,6,9-13H2,1H3/p+1/t15-,20-/m0/s1. The van der Waals surface area contributed by atoms with Gasteiger partial charge >= 0.3 is 11.9 Å². The minimum absolute atomic E-state index is 0.0428. The minimum atomic E-state index is -0.528. The van der Waals surface area contributed by atoms with Crippen molar-refractivity contribution in [2.75, 3.05) is 19.7 Å². The number of hydrogen-bond acceptors (Lipinski definition) is 5. The zero-order valence-corrected chi connectivity index (χ0v) is 14.4. The summed E-state index contributed by atoms with van der Waals surface area (Å²) in [7, 11) is 0. The maximum atomic E-state index is 12.7. The second-order valence-electron chi connectivity index (χ2n) is 6.50. The van der Waals surface area contributed by atoms with Gasteiger partial charge in [-0.25, -0.2) is 9.59 Å². The molecule has 6 nitrogen and oxygen atoms in total. The highest BCUT2D eigenvalue weighted by molar-refractivity contribution is 5.88. The van der Waals surface area contributed by atoms with Gasteiger partial charge in [0.15, 0.2) is 11.8 Å². The van der Waals surface area contributed by atoms with Crippen LogP contribution in [0.25, 0.3) is 0 Å². The van der Waals surface area contributed by atoms with Crippen molar-refractivity contribution in [3.63, 3.8) is 0 Å². The Labute approximate surface area is 147 Å². The van der Waals surface area contributed by atoms with Gasteiger partial charge in [-0.1, -0.05) is 30.3 Å². The normalized spacial score (nSPS) is 25.4. The molecule has 6 heteroatoms. The first-order valence-corrected chi connectivity index (χ1v) is 8.75. The number of carbonyl (C=O) groups is 2. The van der Waals surface area contributed by atoms with Crippen molar-refractivity contribution in [1.29, 1.82) is 0 Å². The third kappa shape index (κ3) is 3.26. The molecule has 0 saturated carbocycles. The van der Waals surface area contributed by atoms with Gasteiger partial charge in [0.05, 0.1) is 26.1 Å². The highest BCUT2D eigenvalue weighted by atomic mass is 16.5. The van der Waals surface area contributed by atoms with Crippen LogP contribution < -0.4 is 0 Å². The fourth-order valence-corrected chi connectivity index (χ4v) is 3.94. The van der Waals surface area contributed by atoms with Crippen LogP contribution in [0, 0.1) is 0 Å². The largest absolute Gasteiger partial charge is 0.506 e. The Bertz CT molecular complexity index is 684. The number of benzene rings is 1. The van der Waals surface area contributed by atoms with E-state index in [1.54, 1.807) is 6.92 Å². The Kier molecular flexibility index (Phi) is 5.08. The average Bonchev–Trinajstić information content (AvgIpc) is 3.18. The van der Waals surface area contributed by atoms with Crippen molar-refractivity contribution in [1.82, 2.24) is 0 Å². The van der Waals surface area contributed by atoms with Crippen molar-refractivity contribution in [3.8, 4) is 0 Å². The highest BCUT2D eigenvalue weighted by Gasteiger charge is 2.57. The molecule has 0 radical (unpaired) electrons. The molecule has 1 saturated heterocycles. The Hall–Kier alpha value is -2.34. The molecule has 1 aromatic carbocycles. The molecule has 3 rings (SSSR count). The molecule has 2 aliphatic heterocycles. The molecule has 1 N–H and O–H groups in total. The summed E-state index contributed by atoms with van der Waals surface area (Å²) in [5.74, 6) is -0.806. The van der Waals surface area contributed by atoms with Crippen LogP contribution in [-0.4, -0.2) is 47.3 Å². The number of aliphatic hydroxyl groups excluding tert-OH is 1. The second kappa shape index (κ2) is 7.27. The summed E-state index contributed by atoms with van der Waals surface area (Å²) >= 11 is 0. The zero-order chi connectivity index (χ0) is 17.9. The first-order valence-electron chi connectivity index (χ1n) is 8.75. The van der Waals surface area contributed by atoms with Gasteiger partial charge in [0, 0.05) is 12.8 Å². The maximum absolute atomic E-state index is 12.7. The maximum Gasteiger partial charge on any atom is 0.396 e. The van der Waals surface area contributed by atoms with E-state index >= 15 is 0 Å². The number of esters is 2. The predicted molar refractivity (Wildman–Crippen MR) is 90.2 cm³/mol. The third-order valence-electron chi connectivity index (χ3n) is 5.06. The Morgan fingerprint density at radius 1 is 1.20 bits per heavy atom. The summed E-state index contributed by atoms with van der Waals surface area (Å²) in [4.78, 5) is 25.1. The zero-order valence-electron chi connectivity index (χ0n) is 14.4. The van der Waals surface area contributed by atoms with Gasteiger partial charge in [-0.2, -0.15) is 0 Å². The molecule has 0 aromatic heterocycles. The van der Waals surface area contributed by atoms with Crippen LogP contribution in [-0.2, 0) is 25.7 Å². The Morgan fingerprint density at radius 3 is 2.68 bits per heavy atom. The van der Waals surface area contributed by atoms with E-state index in [0.717, 1.165) is 12.0 Å². The summed E-state index contributed by atoms with van der Waals surface area (Å²) < 4.78 is 10.8. The Morgan fingerprint density at radius 2 is 1.96 bits per heavy atom. The lowest BCUT2D eigenvalue weighted by Crippen LogP contribution is -2.54. The molecule has 1 spiro atoms. The summed E-state index contributed by atoms with van der Waals surface area (Å²) in [6, 6.07) is 9.04. The molecular weight excluding hydrogens is 322 g/mol. The molecule has 1 aromatic rings. The molecule has 0 unspecified atom stereocenters. The number of carbonyl (C=O) groups excluding carboxylic acids is 2. The van der Waals surface area contributed by atoms with Gasteiger partial charge in [0.1, 0.15) is 6.61 Å². The topological polar surface area (TPSA) is 72.8 Å². The van der Waals surface area contributed by atoms with Gasteiger partial charge in [-0.15, -0.1) is 0 Å². The summed E-state index contributed by atoms with van der Waals surface area (Å²) in [5, 5.41) is 10.2. The van der Waals surface area contributed by atoms with Crippen LogP contribution in [0.3, 0.4) is 0 Å². The number of quaternary nitrogens is 1. The Balaban J connectivity index is 1.77. The number of aliphatic hydroxyl groups is 1. The first-order chi connectivity index (χ1) is 12.1. The fraction of sp³-hybridized carbons (Fsp3) is 0.474. The minimum Gasteiger partial charge on any atom is -0.506 e. The van der Waals surface area contributed by atoms with Gasteiger partial charge in [0.2, 0.25) is 0 Å². The molecule has 2 aliphatic rings. The van der Waals surface area contributed by atoms with Gasteiger partial charge < -0.3 is 14.6 Å². The predicted octanol–water partition coefficient (Wildman–Crippen LogP) is 2.45. The summed E-state index contributed by atoms with van der Waals surface area (Å²) in [5.41, 5.74) is 1.16. The van der Waals surface area contributed by atoms with E-state index in [2.05, 4.69) is 0 Å². The first kappa shape index (κ1) is 17.5. The van der Waals surface area contributed by atoms with Crippen LogP contribution in [0.15, 0.2) is 41.8 Å². The molecule has 1 fully saturated rings. The van der Waals surface area contributed by atoms with E-state index in [1.165, 1.54) is 0 Å². The number of rotatable bonds is 5. The average molecular weight is 346 g/mol. The monoisotopic (exact) mass is 346 g/mol. The van der Waals surface area contributed by atoms with Crippen LogP contribution in [0.4, 0.5) is 0 Å². The number of nitrogens with zero attached hydrogens (tertiary/aromatic N) is 1. The SMILES string of the molecule is CCOC(=O)C1=C(O)CC[N@+]12CCC[C@H]2C(=O)OCc1ccccc1. The van der Waals surface area contributed by atoms with Crippen LogP contribution in [0.5, 0.6) is 0 Å². The lowest BCUT2D eigenvalue weighted by atomic mass is 10.2. The van der Waals surface area contributed by atoms with Crippen LogP contribution in [0.1, 0.15) is 31.7 Å². The van der Waals surface area contributed by atoms with E-state index < -0.39 is 12.0 Å². The molecule has 2 heterocycles. The fourth-order valence-electron chi connectivity index (χ4n) is 3.94. The van der Waals surface area contributed by atoms with Crippen LogP contribution >= 0.6 is 0 Å². The van der Waals surface area contributed by atoms with Crippen molar-refractivity contribution in [2.24, 2.45) is 0 Å². The molecular formula is C19H24NO5+. The van der Waals surface area contributed by atoms with Crippen molar-refractivity contribution >= 4 is 11.9 Å². The highest BCUT2D eigenvalue weighted by Crippen LogP contribution is 2.40. The smallest absolute Gasteiger partial charge is 0.396 e. The number of ether oxygens (including phenoxy) is 2. The van der Waals surface area contributed by atoms with E-state index in [-0.39, 0.29) is 35.1 Å². The second-order valence-corrected chi connectivity index (χ2v) is 6.50. The lowest BCUT2D eigenvalue weighted by molar-refractivity contribution is -0.886. The van der Waals surface area contributed by atoms with E-state index in [0.29, 0.717) is 25.9 Å². The lowest BCUT2D eigenvalue weighted by Gasteiger charge is -2.34. The molecule has 2 atom stereocenters. The van der Waals surface area contributed by atoms with Gasteiger partial charge in [-0.3, -0.25) is 4.48 Å². The van der Waals surface area contributed by atoms with Crippen molar-refractivity contribution in [3.05, 3.63) is 47.4 Å². The van der Waals surface area contributed by atoms with E-state index in [4.69, 9.17) is 9.47 Å².